The van der Waals surface area contributed by atoms with Gasteiger partial charge in [0, 0.05) is 17.1 Å². The normalized spacial score (nSPS) is 10.4. The zero-order valence-corrected chi connectivity index (χ0v) is 12.9. The molecule has 0 saturated heterocycles. The summed E-state index contributed by atoms with van der Waals surface area (Å²) in [6, 6.07) is 4.21. The first-order valence-electron chi connectivity index (χ1n) is 5.79. The van der Waals surface area contributed by atoms with E-state index in [1.54, 1.807) is 6.07 Å². The Morgan fingerprint density at radius 1 is 1.30 bits per heavy atom. The van der Waals surface area contributed by atoms with Crippen LogP contribution < -0.4 is 16.4 Å². The lowest BCUT2D eigenvalue weighted by atomic mass is 10.3. The first-order chi connectivity index (χ1) is 9.49. The molecule has 106 valence electrons. The molecule has 0 atom stereocenters. The highest BCUT2D eigenvalue weighted by Crippen LogP contribution is 2.34. The molecule has 0 radical (unpaired) electrons. The number of halogens is 3. The first-order valence-corrected chi connectivity index (χ1v) is 6.96. The molecular weight excluding hydrogens is 349 g/mol. The molecule has 0 aliphatic carbocycles. The van der Waals surface area contributed by atoms with Crippen LogP contribution in [0.15, 0.2) is 22.7 Å². The Bertz CT molecular complexity index is 614. The average molecular weight is 361 g/mol. The lowest BCUT2D eigenvalue weighted by Gasteiger charge is -2.12. The number of benzene rings is 1. The van der Waals surface area contributed by atoms with Gasteiger partial charge < -0.3 is 16.4 Å². The number of nitrogens with one attached hydrogen (secondary N) is 2. The van der Waals surface area contributed by atoms with Crippen molar-refractivity contribution in [2.24, 2.45) is 0 Å². The molecule has 2 aromatic rings. The van der Waals surface area contributed by atoms with E-state index in [1.165, 1.54) is 12.1 Å². The molecule has 0 aliphatic rings. The van der Waals surface area contributed by atoms with Gasteiger partial charge in [0.15, 0.2) is 0 Å². The molecule has 0 spiro atoms. The fourth-order valence-corrected chi connectivity index (χ4v) is 2.49. The van der Waals surface area contributed by atoms with Crippen molar-refractivity contribution in [2.45, 2.75) is 6.92 Å². The Kier molecular flexibility index (Phi) is 4.61. The number of hydrogen-bond acceptors (Lipinski definition) is 5. The van der Waals surface area contributed by atoms with E-state index < -0.39 is 5.82 Å². The van der Waals surface area contributed by atoms with Gasteiger partial charge in [-0.3, -0.25) is 0 Å². The van der Waals surface area contributed by atoms with Crippen molar-refractivity contribution in [3.63, 3.8) is 0 Å². The highest BCUT2D eigenvalue weighted by Gasteiger charge is 2.10. The lowest BCUT2D eigenvalue weighted by molar-refractivity contribution is 0.627. The van der Waals surface area contributed by atoms with Gasteiger partial charge in [0.25, 0.3) is 0 Å². The summed E-state index contributed by atoms with van der Waals surface area (Å²) in [6.45, 7) is 2.65. The van der Waals surface area contributed by atoms with Gasteiger partial charge in [-0.25, -0.2) is 4.39 Å². The van der Waals surface area contributed by atoms with Crippen molar-refractivity contribution < 1.29 is 4.39 Å². The van der Waals surface area contributed by atoms with Crippen LogP contribution in [0.25, 0.3) is 0 Å². The highest BCUT2D eigenvalue weighted by atomic mass is 79.9. The maximum Gasteiger partial charge on any atom is 0.223 e. The van der Waals surface area contributed by atoms with Crippen LogP contribution in [0.1, 0.15) is 6.92 Å². The number of anilines is 4. The van der Waals surface area contributed by atoms with Crippen LogP contribution >= 0.6 is 27.5 Å². The van der Waals surface area contributed by atoms with Crippen molar-refractivity contribution >= 4 is 50.8 Å². The molecule has 1 aromatic heterocycles. The molecule has 5 nitrogen and oxygen atoms in total. The first kappa shape index (κ1) is 14.8. The molecule has 0 fully saturated rings. The molecule has 0 aliphatic heterocycles. The minimum Gasteiger partial charge on any atom is -0.370 e. The van der Waals surface area contributed by atoms with Crippen molar-refractivity contribution in [2.75, 3.05) is 22.9 Å². The molecule has 20 heavy (non-hydrogen) atoms. The van der Waals surface area contributed by atoms with E-state index in [1.807, 2.05) is 6.92 Å². The van der Waals surface area contributed by atoms with Crippen molar-refractivity contribution in [3.8, 4) is 0 Å². The van der Waals surface area contributed by atoms with E-state index in [-0.39, 0.29) is 11.0 Å². The second-order valence-corrected chi connectivity index (χ2v) is 5.16. The van der Waals surface area contributed by atoms with E-state index in [2.05, 4.69) is 36.5 Å². The van der Waals surface area contributed by atoms with Gasteiger partial charge in [-0.15, -0.1) is 0 Å². The molecule has 4 N–H and O–H groups in total. The summed E-state index contributed by atoms with van der Waals surface area (Å²) in [4.78, 5) is 8.09. The fraction of sp³-hybridized carbons (Fsp3) is 0.167. The predicted octanol–water partition coefficient (Wildman–Crippen LogP) is 3.79. The fourth-order valence-electron chi connectivity index (χ4n) is 1.59. The van der Waals surface area contributed by atoms with Crippen LogP contribution in [-0.4, -0.2) is 16.5 Å². The summed E-state index contributed by atoms with van der Waals surface area (Å²) in [5, 5.41) is 6.26. The van der Waals surface area contributed by atoms with Crippen LogP contribution in [0.4, 0.5) is 27.7 Å². The third-order valence-electron chi connectivity index (χ3n) is 2.36. The van der Waals surface area contributed by atoms with E-state index in [9.17, 15) is 4.39 Å². The average Bonchev–Trinajstić information content (AvgIpc) is 2.33. The summed E-state index contributed by atoms with van der Waals surface area (Å²) < 4.78 is 13.7. The topological polar surface area (TPSA) is 75.9 Å². The number of nitrogens with two attached hydrogens (primary N) is 1. The maximum atomic E-state index is 13.2. The van der Waals surface area contributed by atoms with Gasteiger partial charge in [-0.05, 0) is 35.0 Å². The zero-order valence-electron chi connectivity index (χ0n) is 10.5. The van der Waals surface area contributed by atoms with Gasteiger partial charge >= 0.3 is 0 Å². The second-order valence-electron chi connectivity index (χ2n) is 3.90. The summed E-state index contributed by atoms with van der Waals surface area (Å²) in [6.07, 6.45) is 0. The van der Waals surface area contributed by atoms with E-state index >= 15 is 0 Å². The van der Waals surface area contributed by atoms with Gasteiger partial charge in [0.1, 0.15) is 17.5 Å². The van der Waals surface area contributed by atoms with Crippen molar-refractivity contribution in [1.29, 1.82) is 0 Å². The molecular formula is C12H12BrClFN5. The van der Waals surface area contributed by atoms with E-state index in [0.29, 0.717) is 28.3 Å². The minimum absolute atomic E-state index is 0.125. The number of aromatic nitrogens is 2. The number of nitrogen functional groups attached to an aromatic ring is 1. The van der Waals surface area contributed by atoms with Crippen LogP contribution in [0.2, 0.25) is 5.02 Å². The van der Waals surface area contributed by atoms with Crippen molar-refractivity contribution in [3.05, 3.63) is 33.5 Å². The predicted molar refractivity (Wildman–Crippen MR) is 83.0 cm³/mol. The quantitative estimate of drug-likeness (QED) is 0.773. The van der Waals surface area contributed by atoms with E-state index in [0.717, 1.165) is 0 Å². The molecule has 0 bridgehead atoms. The lowest BCUT2D eigenvalue weighted by Crippen LogP contribution is -2.06. The third-order valence-corrected chi connectivity index (χ3v) is 3.28. The summed E-state index contributed by atoms with van der Waals surface area (Å²) >= 11 is 9.25. The maximum absolute atomic E-state index is 13.2. The van der Waals surface area contributed by atoms with Crippen LogP contribution in [0, 0.1) is 5.82 Å². The molecule has 2 rings (SSSR count). The molecule has 1 heterocycles. The van der Waals surface area contributed by atoms with Gasteiger partial charge in [-0.1, -0.05) is 11.6 Å². The number of rotatable bonds is 4. The molecule has 8 heteroatoms. The highest BCUT2D eigenvalue weighted by molar-refractivity contribution is 9.10. The Balaban J connectivity index is 2.35. The molecule has 1 aromatic carbocycles. The third kappa shape index (κ3) is 3.49. The van der Waals surface area contributed by atoms with Crippen LogP contribution in [0.3, 0.4) is 0 Å². The van der Waals surface area contributed by atoms with Gasteiger partial charge in [0.2, 0.25) is 5.95 Å². The summed E-state index contributed by atoms with van der Waals surface area (Å²) in [5.74, 6) is 0.753. The Labute approximate surface area is 128 Å². The Morgan fingerprint density at radius 3 is 2.65 bits per heavy atom. The molecule has 0 amide bonds. The number of nitrogens with zero attached hydrogens (tertiary/aromatic N) is 2. The minimum atomic E-state index is -0.428. The largest absolute Gasteiger partial charge is 0.370 e. The Morgan fingerprint density at radius 2 is 2.00 bits per heavy atom. The summed E-state index contributed by atoms with van der Waals surface area (Å²) in [5.41, 5.74) is 6.14. The zero-order chi connectivity index (χ0) is 14.7. The second kappa shape index (κ2) is 6.23. The van der Waals surface area contributed by atoms with E-state index in [4.69, 9.17) is 17.3 Å². The Hall–Kier alpha value is -1.60. The van der Waals surface area contributed by atoms with Crippen LogP contribution in [0.5, 0.6) is 0 Å². The summed E-state index contributed by atoms with van der Waals surface area (Å²) in [7, 11) is 0. The van der Waals surface area contributed by atoms with Crippen molar-refractivity contribution in [1.82, 2.24) is 9.97 Å². The SMILES string of the molecule is CCNc1cc(Nc2c(Cl)cc(F)cc2Br)nc(N)n1. The van der Waals surface area contributed by atoms with Crippen LogP contribution in [-0.2, 0) is 0 Å². The molecule has 0 unspecified atom stereocenters. The smallest absolute Gasteiger partial charge is 0.223 e. The number of hydrogen-bond donors (Lipinski definition) is 3. The molecule has 0 saturated carbocycles. The monoisotopic (exact) mass is 359 g/mol. The van der Waals surface area contributed by atoms with Gasteiger partial charge in [0.05, 0.1) is 10.7 Å². The van der Waals surface area contributed by atoms with Gasteiger partial charge in [-0.2, -0.15) is 9.97 Å². The standard InChI is InChI=1S/C12H12BrClFN5/c1-2-17-9-5-10(20-12(16)19-9)18-11-7(13)3-6(15)4-8(11)14/h3-5H,2H2,1H3,(H4,16,17,18,19,20).